The maximum atomic E-state index is 13.0. The van der Waals surface area contributed by atoms with Gasteiger partial charge in [-0.3, -0.25) is 14.4 Å². The van der Waals surface area contributed by atoms with Crippen LogP contribution in [0.5, 0.6) is 0 Å². The van der Waals surface area contributed by atoms with E-state index >= 15 is 0 Å². The Kier molecular flexibility index (Phi) is 3.76. The normalized spacial score (nSPS) is 35.6. The number of nitrogens with one attached hydrogen (secondary N) is 1. The zero-order chi connectivity index (χ0) is 20.5. The van der Waals surface area contributed by atoms with Gasteiger partial charge in [0.2, 0.25) is 11.7 Å². The number of ether oxygens (including phenoxy) is 2. The molecule has 0 spiro atoms. The van der Waals surface area contributed by atoms with Crippen LogP contribution in [0, 0.1) is 17.2 Å². The van der Waals surface area contributed by atoms with Crippen LogP contribution in [0.15, 0.2) is 23.9 Å². The Balaban J connectivity index is 1.84. The standard InChI is InChI=1S/C18H20N4O6/c1-4-10(23)22-9-5-21-13-11(15(25)12(19)7(2)14(13)24)8(6-28-17(20)26)18(21,27-3)16(9)22/h4,7-9,16,19H,1,5-6H2,2-3H3,(H2,20,26)/t7?,8-,9+,16+,18-,22?/m1/s1. The monoisotopic (exact) mass is 388 g/mol. The van der Waals surface area contributed by atoms with E-state index < -0.39 is 35.5 Å². The van der Waals surface area contributed by atoms with Crippen LogP contribution in [0.2, 0.25) is 0 Å². The lowest BCUT2D eigenvalue weighted by Gasteiger charge is -2.40. The predicted molar refractivity (Wildman–Crippen MR) is 94.0 cm³/mol. The summed E-state index contributed by atoms with van der Waals surface area (Å²) in [7, 11) is 1.42. The molecule has 28 heavy (non-hydrogen) atoms. The summed E-state index contributed by atoms with van der Waals surface area (Å²) in [6, 6.07) is -0.657. The number of allylic oxidation sites excluding steroid dienone is 1. The highest BCUT2D eigenvalue weighted by atomic mass is 16.6. The maximum absolute atomic E-state index is 13.0. The summed E-state index contributed by atoms with van der Waals surface area (Å²) in [5.74, 6) is -2.96. The molecule has 1 aliphatic carbocycles. The number of Topliss-reactive ketones (excluding diaryl/α,β-unsaturated/α-hetero) is 2. The maximum Gasteiger partial charge on any atom is 0.404 e. The summed E-state index contributed by atoms with van der Waals surface area (Å²) in [6.07, 6.45) is 0.159. The number of primary amides is 1. The number of amides is 2. The molecule has 0 aromatic heterocycles. The summed E-state index contributed by atoms with van der Waals surface area (Å²) in [6.45, 7) is 5.00. The molecule has 10 heteroatoms. The van der Waals surface area contributed by atoms with Gasteiger partial charge >= 0.3 is 6.09 Å². The van der Waals surface area contributed by atoms with Crippen molar-refractivity contribution in [1.82, 2.24) is 9.80 Å². The number of carbonyl (C=O) groups is 4. The number of fused-ring (bicyclic) bond motifs is 4. The number of rotatable bonds is 4. The van der Waals surface area contributed by atoms with Crippen LogP contribution in [-0.4, -0.2) is 77.1 Å². The molecular weight excluding hydrogens is 368 g/mol. The largest absolute Gasteiger partial charge is 0.449 e. The summed E-state index contributed by atoms with van der Waals surface area (Å²) < 4.78 is 10.8. The number of hydrogen-bond donors (Lipinski definition) is 2. The lowest BCUT2D eigenvalue weighted by Crippen LogP contribution is -2.56. The fourth-order valence-electron chi connectivity index (χ4n) is 4.97. The van der Waals surface area contributed by atoms with Crippen molar-refractivity contribution >= 4 is 29.3 Å². The molecule has 0 bridgehead atoms. The van der Waals surface area contributed by atoms with E-state index in [4.69, 9.17) is 20.6 Å². The molecule has 0 saturated carbocycles. The van der Waals surface area contributed by atoms with Gasteiger partial charge in [0.1, 0.15) is 12.6 Å². The van der Waals surface area contributed by atoms with Crippen molar-refractivity contribution in [1.29, 1.82) is 5.41 Å². The van der Waals surface area contributed by atoms with E-state index in [0.717, 1.165) is 0 Å². The third-order valence-corrected chi connectivity index (χ3v) is 6.22. The van der Waals surface area contributed by atoms with Gasteiger partial charge in [-0.05, 0) is 13.0 Å². The van der Waals surface area contributed by atoms with Gasteiger partial charge in [0.25, 0.3) is 0 Å². The Morgan fingerprint density at radius 3 is 2.68 bits per heavy atom. The van der Waals surface area contributed by atoms with Gasteiger partial charge in [-0.15, -0.1) is 0 Å². The lowest BCUT2D eigenvalue weighted by atomic mass is 9.79. The zero-order valence-electron chi connectivity index (χ0n) is 15.4. The summed E-state index contributed by atoms with van der Waals surface area (Å²) >= 11 is 0. The highest BCUT2D eigenvalue weighted by Gasteiger charge is 2.77. The van der Waals surface area contributed by atoms with Crippen molar-refractivity contribution < 1.29 is 28.7 Å². The molecule has 3 aliphatic heterocycles. The minimum absolute atomic E-state index is 0.0903. The molecule has 4 aliphatic rings. The van der Waals surface area contributed by atoms with Gasteiger partial charge in [0, 0.05) is 19.2 Å². The minimum Gasteiger partial charge on any atom is -0.449 e. The van der Waals surface area contributed by atoms with E-state index in [0.29, 0.717) is 6.54 Å². The van der Waals surface area contributed by atoms with Gasteiger partial charge in [-0.25, -0.2) is 4.79 Å². The van der Waals surface area contributed by atoms with Crippen LogP contribution in [0.4, 0.5) is 4.79 Å². The van der Waals surface area contributed by atoms with E-state index in [-0.39, 0.29) is 41.3 Å². The number of nitrogens with two attached hydrogens (primary N) is 1. The van der Waals surface area contributed by atoms with Crippen LogP contribution in [0.25, 0.3) is 0 Å². The molecule has 3 heterocycles. The predicted octanol–water partition coefficient (Wildman–Crippen LogP) is -0.803. The number of hydrogen-bond acceptors (Lipinski definition) is 8. The molecule has 10 nitrogen and oxygen atoms in total. The second-order valence-corrected chi connectivity index (χ2v) is 7.30. The second kappa shape index (κ2) is 5.74. The molecule has 1 unspecified atom stereocenters. The topological polar surface area (TPSA) is 143 Å². The summed E-state index contributed by atoms with van der Waals surface area (Å²) in [5.41, 5.74) is 3.82. The Morgan fingerprint density at radius 1 is 1.43 bits per heavy atom. The van der Waals surface area contributed by atoms with Crippen LogP contribution in [-0.2, 0) is 23.9 Å². The number of piperazine rings is 1. The average molecular weight is 388 g/mol. The van der Waals surface area contributed by atoms with Gasteiger partial charge in [-0.1, -0.05) is 6.58 Å². The fourth-order valence-corrected chi connectivity index (χ4v) is 4.97. The van der Waals surface area contributed by atoms with Crippen molar-refractivity contribution in [2.45, 2.75) is 24.7 Å². The lowest BCUT2D eigenvalue weighted by molar-refractivity contribution is -0.152. The molecular formula is C18H20N4O6. The first-order valence-electron chi connectivity index (χ1n) is 8.83. The Labute approximate surface area is 160 Å². The van der Waals surface area contributed by atoms with Crippen molar-refractivity contribution in [2.75, 3.05) is 20.3 Å². The molecule has 0 radical (unpaired) electrons. The van der Waals surface area contributed by atoms with Crippen molar-refractivity contribution in [3.63, 3.8) is 0 Å². The van der Waals surface area contributed by atoms with Gasteiger partial charge in [0.05, 0.1) is 29.3 Å². The van der Waals surface area contributed by atoms with Crippen LogP contribution in [0.1, 0.15) is 6.92 Å². The highest BCUT2D eigenvalue weighted by molar-refractivity contribution is 6.52. The zero-order valence-corrected chi connectivity index (χ0v) is 15.4. The first-order valence-corrected chi connectivity index (χ1v) is 8.83. The summed E-state index contributed by atoms with van der Waals surface area (Å²) in [4.78, 5) is 52.6. The third-order valence-electron chi connectivity index (χ3n) is 6.22. The number of methoxy groups -OCH3 is 1. The second-order valence-electron chi connectivity index (χ2n) is 7.30. The molecule has 2 fully saturated rings. The molecule has 148 valence electrons. The van der Waals surface area contributed by atoms with Crippen molar-refractivity contribution in [3.05, 3.63) is 23.9 Å². The first kappa shape index (κ1) is 18.4. The quantitative estimate of drug-likeness (QED) is 0.474. The Hall–Kier alpha value is -3.01. The van der Waals surface area contributed by atoms with E-state index in [2.05, 4.69) is 6.58 Å². The molecule has 4 rings (SSSR count). The van der Waals surface area contributed by atoms with Gasteiger partial charge in [0.15, 0.2) is 11.5 Å². The SMILES string of the molecule is C=CC(=O)N1[C@H]2[C@@H]1CN1C3=C(C(=O)C(=N)C(C)C3=O)[C@@H](COC(N)=O)[C@@]21OC. The number of nitrogens with zero attached hydrogens (tertiary/aromatic N) is 2. The smallest absolute Gasteiger partial charge is 0.404 e. The molecule has 2 saturated heterocycles. The van der Waals surface area contributed by atoms with Gasteiger partial charge < -0.3 is 30.4 Å². The van der Waals surface area contributed by atoms with Crippen molar-refractivity contribution in [3.8, 4) is 0 Å². The number of ketones is 2. The highest BCUT2D eigenvalue weighted by Crippen LogP contribution is 2.59. The van der Waals surface area contributed by atoms with Crippen molar-refractivity contribution in [2.24, 2.45) is 17.6 Å². The molecule has 5 atom stereocenters. The van der Waals surface area contributed by atoms with Crippen LogP contribution >= 0.6 is 0 Å². The van der Waals surface area contributed by atoms with E-state index in [1.54, 1.807) is 9.80 Å². The molecule has 3 N–H and O–H groups in total. The molecule has 0 aromatic rings. The minimum atomic E-state index is -1.25. The van der Waals surface area contributed by atoms with E-state index in [1.165, 1.54) is 20.1 Å². The number of carbonyl (C=O) groups excluding carboxylic acids is 4. The van der Waals surface area contributed by atoms with Gasteiger partial charge in [-0.2, -0.15) is 0 Å². The molecule has 0 aromatic carbocycles. The van der Waals surface area contributed by atoms with E-state index in [1.807, 2.05) is 0 Å². The third kappa shape index (κ3) is 1.98. The van der Waals surface area contributed by atoms with Crippen LogP contribution in [0.3, 0.4) is 0 Å². The fraction of sp³-hybridized carbons (Fsp3) is 0.500. The average Bonchev–Trinajstić information content (AvgIpc) is 3.17. The summed E-state index contributed by atoms with van der Waals surface area (Å²) in [5, 5.41) is 8.04. The Morgan fingerprint density at radius 2 is 2.11 bits per heavy atom. The van der Waals surface area contributed by atoms with E-state index in [9.17, 15) is 19.2 Å². The Bertz CT molecular complexity index is 895. The first-order chi connectivity index (χ1) is 13.2. The molecule has 2 amide bonds. The van der Waals surface area contributed by atoms with Crippen LogP contribution < -0.4 is 5.73 Å².